The lowest BCUT2D eigenvalue weighted by atomic mass is 9.97. The van der Waals surface area contributed by atoms with E-state index in [2.05, 4.69) is 28.4 Å². The smallest absolute Gasteiger partial charge is 0.242 e. The molecule has 31 heavy (non-hydrogen) atoms. The second kappa shape index (κ2) is 9.96. The molecule has 0 atom stereocenters. The van der Waals surface area contributed by atoms with Crippen LogP contribution < -0.4 is 11.1 Å². The van der Waals surface area contributed by atoms with Crippen LogP contribution in [0.3, 0.4) is 0 Å². The van der Waals surface area contributed by atoms with Gasteiger partial charge in [-0.1, -0.05) is 42.5 Å². The minimum atomic E-state index is -0.397. The largest absolute Gasteiger partial charge is 0.376 e. The Bertz CT molecular complexity index is 911. The number of amides is 2. The quantitative estimate of drug-likeness (QED) is 0.620. The number of benzene rings is 2. The number of anilines is 1. The summed E-state index contributed by atoms with van der Waals surface area (Å²) in [5, 5.41) is 3.37. The van der Waals surface area contributed by atoms with Gasteiger partial charge in [0.2, 0.25) is 11.8 Å². The molecular weight excluding hydrogens is 388 g/mol. The molecule has 2 aromatic carbocycles. The maximum Gasteiger partial charge on any atom is 0.242 e. The fourth-order valence-corrected chi connectivity index (χ4v) is 4.28. The van der Waals surface area contributed by atoms with E-state index in [0.717, 1.165) is 36.7 Å². The number of fused-ring (bicyclic) bond motifs is 1. The molecule has 1 fully saturated rings. The van der Waals surface area contributed by atoms with Gasteiger partial charge in [-0.05, 0) is 47.9 Å². The number of carbonyl (C=O) groups is 2. The summed E-state index contributed by atoms with van der Waals surface area (Å²) in [4.78, 5) is 28.5. The molecule has 0 radical (unpaired) electrons. The van der Waals surface area contributed by atoms with Gasteiger partial charge in [0.25, 0.3) is 0 Å². The molecule has 1 aliphatic heterocycles. The summed E-state index contributed by atoms with van der Waals surface area (Å²) in [5.74, 6) is 0.469. The average molecular weight is 421 g/mol. The monoisotopic (exact) mass is 420 g/mol. The summed E-state index contributed by atoms with van der Waals surface area (Å²) in [6, 6.07) is 16.2. The first-order valence-electron chi connectivity index (χ1n) is 11.3. The maximum absolute atomic E-state index is 13.0. The van der Waals surface area contributed by atoms with E-state index in [1.54, 1.807) is 4.90 Å². The minimum absolute atomic E-state index is 0.0334. The summed E-state index contributed by atoms with van der Waals surface area (Å²) in [5.41, 5.74) is 10.1. The zero-order valence-electron chi connectivity index (χ0n) is 18.1. The molecule has 0 bridgehead atoms. The number of hydrogen-bond acceptors (Lipinski definition) is 4. The molecule has 1 heterocycles. The van der Waals surface area contributed by atoms with Crippen molar-refractivity contribution in [2.24, 2.45) is 11.7 Å². The van der Waals surface area contributed by atoms with Crippen LogP contribution in [0.1, 0.15) is 36.0 Å². The maximum atomic E-state index is 13.0. The number of nitrogens with zero attached hydrogens (tertiary/aromatic N) is 2. The van der Waals surface area contributed by atoms with Crippen molar-refractivity contribution in [2.45, 2.75) is 38.8 Å². The van der Waals surface area contributed by atoms with Gasteiger partial charge in [0, 0.05) is 44.8 Å². The third-order valence-electron chi connectivity index (χ3n) is 6.19. The predicted octanol–water partition coefficient (Wildman–Crippen LogP) is 2.77. The zero-order valence-corrected chi connectivity index (χ0v) is 18.1. The summed E-state index contributed by atoms with van der Waals surface area (Å²) in [7, 11) is 0. The molecule has 1 aliphatic carbocycles. The molecule has 2 amide bonds. The Hall–Kier alpha value is -2.86. The fourth-order valence-electron chi connectivity index (χ4n) is 4.28. The van der Waals surface area contributed by atoms with Gasteiger partial charge in [0.05, 0.1) is 6.54 Å². The molecule has 0 saturated heterocycles. The van der Waals surface area contributed by atoms with Gasteiger partial charge in [-0.2, -0.15) is 0 Å². The van der Waals surface area contributed by atoms with Gasteiger partial charge in [0.15, 0.2) is 0 Å². The lowest BCUT2D eigenvalue weighted by Gasteiger charge is -2.30. The second-order valence-corrected chi connectivity index (χ2v) is 8.74. The van der Waals surface area contributed by atoms with Crippen LogP contribution in [0.4, 0.5) is 5.69 Å². The van der Waals surface area contributed by atoms with Crippen molar-refractivity contribution in [3.05, 3.63) is 65.2 Å². The molecule has 6 heteroatoms. The Morgan fingerprint density at radius 3 is 2.65 bits per heavy atom. The van der Waals surface area contributed by atoms with E-state index >= 15 is 0 Å². The fraction of sp³-hybridized carbons (Fsp3) is 0.440. The van der Waals surface area contributed by atoms with E-state index in [0.29, 0.717) is 13.1 Å². The molecule has 6 nitrogen and oxygen atoms in total. The molecule has 3 N–H and O–H groups in total. The molecule has 0 aromatic heterocycles. The summed E-state index contributed by atoms with van der Waals surface area (Å²) in [6.45, 7) is 4.28. The normalized spacial score (nSPS) is 15.9. The first-order chi connectivity index (χ1) is 15.1. The van der Waals surface area contributed by atoms with Gasteiger partial charge in [-0.3, -0.25) is 14.5 Å². The first-order valence-corrected chi connectivity index (χ1v) is 11.3. The summed E-state index contributed by atoms with van der Waals surface area (Å²) < 4.78 is 0. The van der Waals surface area contributed by atoms with Crippen molar-refractivity contribution in [2.75, 3.05) is 31.5 Å². The van der Waals surface area contributed by atoms with Crippen molar-refractivity contribution in [1.82, 2.24) is 9.80 Å². The zero-order chi connectivity index (χ0) is 21.6. The Balaban J connectivity index is 1.38. The number of primary amides is 1. The number of nitrogens with two attached hydrogens (primary N) is 1. The molecule has 164 valence electrons. The minimum Gasteiger partial charge on any atom is -0.376 e. The lowest BCUT2D eigenvalue weighted by Crippen LogP contribution is -2.37. The van der Waals surface area contributed by atoms with Crippen molar-refractivity contribution in [3.8, 4) is 0 Å². The van der Waals surface area contributed by atoms with Crippen LogP contribution in [0.2, 0.25) is 0 Å². The molecule has 2 aliphatic rings. The van der Waals surface area contributed by atoms with Crippen molar-refractivity contribution >= 4 is 17.5 Å². The molecule has 4 rings (SSSR count). The molecular formula is C25H32N4O2. The lowest BCUT2D eigenvalue weighted by molar-refractivity contribution is -0.130. The topological polar surface area (TPSA) is 78.7 Å². The van der Waals surface area contributed by atoms with E-state index in [-0.39, 0.29) is 18.9 Å². The average Bonchev–Trinajstić information content (AvgIpc) is 3.59. The van der Waals surface area contributed by atoms with Gasteiger partial charge in [0.1, 0.15) is 0 Å². The number of carbonyl (C=O) groups excluding carboxylic acids is 2. The summed E-state index contributed by atoms with van der Waals surface area (Å²) in [6.07, 6.45) is 3.93. The van der Waals surface area contributed by atoms with Crippen LogP contribution in [0.15, 0.2) is 48.5 Å². The van der Waals surface area contributed by atoms with Crippen LogP contribution >= 0.6 is 0 Å². The molecule has 2 aromatic rings. The Kier molecular flexibility index (Phi) is 6.87. The van der Waals surface area contributed by atoms with E-state index in [4.69, 9.17) is 5.73 Å². The highest BCUT2D eigenvalue weighted by Crippen LogP contribution is 2.32. The summed E-state index contributed by atoms with van der Waals surface area (Å²) >= 11 is 0. The van der Waals surface area contributed by atoms with E-state index in [1.807, 2.05) is 30.3 Å². The third kappa shape index (κ3) is 6.07. The van der Waals surface area contributed by atoms with Crippen LogP contribution in [-0.2, 0) is 29.1 Å². The molecule has 1 saturated carbocycles. The van der Waals surface area contributed by atoms with Crippen LogP contribution in [-0.4, -0.2) is 47.8 Å². The Labute approximate surface area is 184 Å². The standard InChI is InChI=1S/C25H32N4O2/c26-24(30)12-14-29(17-19-5-2-1-3-6-19)25(31)15-27-23-8-4-7-21-18-28(13-11-22(21)23)16-20-9-10-20/h1-8,20,27H,9-18H2,(H2,26,30). The highest BCUT2D eigenvalue weighted by Gasteiger charge is 2.27. The van der Waals surface area contributed by atoms with Gasteiger partial charge < -0.3 is 16.0 Å². The SMILES string of the molecule is NC(=O)CCN(Cc1ccccc1)C(=O)CNc1cccc2c1CCN(CC1CC1)C2. The highest BCUT2D eigenvalue weighted by molar-refractivity contribution is 5.82. The Morgan fingerprint density at radius 2 is 1.90 bits per heavy atom. The number of nitrogens with one attached hydrogen (secondary N) is 1. The predicted molar refractivity (Wildman–Crippen MR) is 122 cm³/mol. The van der Waals surface area contributed by atoms with Gasteiger partial charge >= 0.3 is 0 Å². The molecule has 0 spiro atoms. The highest BCUT2D eigenvalue weighted by atomic mass is 16.2. The van der Waals surface area contributed by atoms with Crippen LogP contribution in [0, 0.1) is 5.92 Å². The third-order valence-corrected chi connectivity index (χ3v) is 6.19. The number of hydrogen-bond donors (Lipinski definition) is 2. The van der Waals surface area contributed by atoms with Gasteiger partial charge in [-0.15, -0.1) is 0 Å². The first kappa shape index (κ1) is 21.4. The van der Waals surface area contributed by atoms with E-state index in [9.17, 15) is 9.59 Å². The van der Waals surface area contributed by atoms with Crippen molar-refractivity contribution in [3.63, 3.8) is 0 Å². The second-order valence-electron chi connectivity index (χ2n) is 8.74. The molecule has 0 unspecified atom stereocenters. The Morgan fingerprint density at radius 1 is 1.10 bits per heavy atom. The number of rotatable bonds is 10. The van der Waals surface area contributed by atoms with Crippen LogP contribution in [0.5, 0.6) is 0 Å². The van der Waals surface area contributed by atoms with Crippen LogP contribution in [0.25, 0.3) is 0 Å². The van der Waals surface area contributed by atoms with Crippen molar-refractivity contribution in [1.29, 1.82) is 0 Å². The van der Waals surface area contributed by atoms with E-state index in [1.165, 1.54) is 30.5 Å². The van der Waals surface area contributed by atoms with Crippen molar-refractivity contribution < 1.29 is 9.59 Å². The van der Waals surface area contributed by atoms with Gasteiger partial charge in [-0.25, -0.2) is 0 Å². The van der Waals surface area contributed by atoms with E-state index < -0.39 is 5.91 Å².